The molecule has 0 radical (unpaired) electrons. The zero-order valence-corrected chi connectivity index (χ0v) is 9.45. The molecule has 0 amide bonds. The Labute approximate surface area is 100 Å². The van der Waals surface area contributed by atoms with Crippen molar-refractivity contribution in [3.05, 3.63) is 54.0 Å². The number of pyridine rings is 2. The van der Waals surface area contributed by atoms with Gasteiger partial charge in [-0.05, 0) is 36.2 Å². The Kier molecular flexibility index (Phi) is 3.67. The molecule has 17 heavy (non-hydrogen) atoms. The number of aliphatic hydroxyl groups is 1. The SMILES string of the molecule is Nc1cc(CC(O)Cc2ccccn2)ccn1. The Morgan fingerprint density at radius 3 is 2.71 bits per heavy atom. The van der Waals surface area contributed by atoms with E-state index in [0.717, 1.165) is 11.3 Å². The molecule has 2 rings (SSSR count). The lowest BCUT2D eigenvalue weighted by molar-refractivity contribution is 0.174. The Morgan fingerprint density at radius 1 is 1.12 bits per heavy atom. The van der Waals surface area contributed by atoms with E-state index in [1.807, 2.05) is 24.3 Å². The average Bonchev–Trinajstić information content (AvgIpc) is 2.30. The van der Waals surface area contributed by atoms with Crippen LogP contribution in [0.3, 0.4) is 0 Å². The number of nitrogens with zero attached hydrogens (tertiary/aromatic N) is 2. The van der Waals surface area contributed by atoms with E-state index in [2.05, 4.69) is 9.97 Å². The average molecular weight is 229 g/mol. The van der Waals surface area contributed by atoms with Crippen LogP contribution in [0, 0.1) is 0 Å². The highest BCUT2D eigenvalue weighted by Gasteiger charge is 2.07. The van der Waals surface area contributed by atoms with Gasteiger partial charge in [0.15, 0.2) is 0 Å². The van der Waals surface area contributed by atoms with Crippen LogP contribution in [-0.2, 0) is 12.8 Å². The lowest BCUT2D eigenvalue weighted by Gasteiger charge is -2.10. The number of hydrogen-bond acceptors (Lipinski definition) is 4. The minimum atomic E-state index is -0.452. The molecule has 88 valence electrons. The van der Waals surface area contributed by atoms with Crippen LogP contribution in [0.15, 0.2) is 42.7 Å². The van der Waals surface area contributed by atoms with Crippen molar-refractivity contribution < 1.29 is 5.11 Å². The fourth-order valence-electron chi connectivity index (χ4n) is 1.73. The Balaban J connectivity index is 1.96. The van der Waals surface area contributed by atoms with Gasteiger partial charge in [0.2, 0.25) is 0 Å². The molecule has 4 heteroatoms. The van der Waals surface area contributed by atoms with Crippen molar-refractivity contribution in [1.29, 1.82) is 0 Å². The minimum absolute atomic E-state index is 0.452. The Morgan fingerprint density at radius 2 is 2.00 bits per heavy atom. The summed E-state index contributed by atoms with van der Waals surface area (Å²) in [5, 5.41) is 9.95. The molecule has 2 aromatic heterocycles. The predicted molar refractivity (Wildman–Crippen MR) is 66.3 cm³/mol. The molecule has 3 N–H and O–H groups in total. The summed E-state index contributed by atoms with van der Waals surface area (Å²) in [6, 6.07) is 9.32. The summed E-state index contributed by atoms with van der Waals surface area (Å²) >= 11 is 0. The highest BCUT2D eigenvalue weighted by molar-refractivity contribution is 5.32. The summed E-state index contributed by atoms with van der Waals surface area (Å²) in [6.07, 6.45) is 4.03. The van der Waals surface area contributed by atoms with Gasteiger partial charge in [-0.25, -0.2) is 4.98 Å². The maximum Gasteiger partial charge on any atom is 0.123 e. The van der Waals surface area contributed by atoms with E-state index in [0.29, 0.717) is 18.7 Å². The van der Waals surface area contributed by atoms with E-state index >= 15 is 0 Å². The van der Waals surface area contributed by atoms with E-state index in [9.17, 15) is 5.11 Å². The van der Waals surface area contributed by atoms with E-state index in [1.54, 1.807) is 18.5 Å². The van der Waals surface area contributed by atoms with Gasteiger partial charge >= 0.3 is 0 Å². The summed E-state index contributed by atoms with van der Waals surface area (Å²) in [6.45, 7) is 0. The lowest BCUT2D eigenvalue weighted by Crippen LogP contribution is -2.14. The van der Waals surface area contributed by atoms with Crippen molar-refractivity contribution in [1.82, 2.24) is 9.97 Å². The van der Waals surface area contributed by atoms with E-state index in [1.165, 1.54) is 0 Å². The van der Waals surface area contributed by atoms with Crippen molar-refractivity contribution in [3.8, 4) is 0 Å². The van der Waals surface area contributed by atoms with Crippen LogP contribution in [0.4, 0.5) is 5.82 Å². The number of aliphatic hydroxyl groups excluding tert-OH is 1. The molecule has 4 nitrogen and oxygen atoms in total. The number of nitrogens with two attached hydrogens (primary N) is 1. The first-order valence-electron chi connectivity index (χ1n) is 5.52. The monoisotopic (exact) mass is 229 g/mol. The molecule has 1 unspecified atom stereocenters. The molecule has 0 aliphatic rings. The third-order valence-electron chi connectivity index (χ3n) is 2.49. The maximum absolute atomic E-state index is 9.95. The van der Waals surface area contributed by atoms with Gasteiger partial charge in [-0.15, -0.1) is 0 Å². The molecule has 0 spiro atoms. The number of hydrogen-bond donors (Lipinski definition) is 2. The van der Waals surface area contributed by atoms with Crippen LogP contribution < -0.4 is 5.73 Å². The number of anilines is 1. The Hall–Kier alpha value is -1.94. The molecule has 0 fully saturated rings. The van der Waals surface area contributed by atoms with E-state index < -0.39 is 6.10 Å². The fourth-order valence-corrected chi connectivity index (χ4v) is 1.73. The number of rotatable bonds is 4. The summed E-state index contributed by atoms with van der Waals surface area (Å²) in [5.74, 6) is 0.479. The number of aromatic nitrogens is 2. The second-order valence-corrected chi connectivity index (χ2v) is 3.97. The van der Waals surface area contributed by atoms with Gasteiger partial charge in [-0.3, -0.25) is 4.98 Å². The van der Waals surface area contributed by atoms with Crippen LogP contribution in [0.1, 0.15) is 11.3 Å². The topological polar surface area (TPSA) is 72.0 Å². The zero-order valence-electron chi connectivity index (χ0n) is 9.45. The molecular weight excluding hydrogens is 214 g/mol. The number of nitrogen functional groups attached to an aromatic ring is 1. The van der Waals surface area contributed by atoms with Gasteiger partial charge < -0.3 is 10.8 Å². The molecule has 0 aromatic carbocycles. The van der Waals surface area contributed by atoms with Gasteiger partial charge in [-0.1, -0.05) is 6.07 Å². The van der Waals surface area contributed by atoms with Gasteiger partial charge in [-0.2, -0.15) is 0 Å². The molecule has 0 saturated heterocycles. The quantitative estimate of drug-likeness (QED) is 0.826. The first-order chi connectivity index (χ1) is 8.24. The standard InChI is InChI=1S/C13H15N3O/c14-13-8-10(4-6-16-13)7-12(17)9-11-3-1-2-5-15-11/h1-6,8,12,17H,7,9H2,(H2,14,16). The van der Waals surface area contributed by atoms with Crippen LogP contribution in [-0.4, -0.2) is 21.2 Å². The second-order valence-electron chi connectivity index (χ2n) is 3.97. The molecule has 1 atom stereocenters. The first kappa shape index (κ1) is 11.5. The maximum atomic E-state index is 9.95. The van der Waals surface area contributed by atoms with E-state index in [4.69, 9.17) is 5.73 Å². The van der Waals surface area contributed by atoms with Crippen LogP contribution >= 0.6 is 0 Å². The van der Waals surface area contributed by atoms with Crippen molar-refractivity contribution >= 4 is 5.82 Å². The van der Waals surface area contributed by atoms with Gasteiger partial charge in [0.25, 0.3) is 0 Å². The first-order valence-corrected chi connectivity index (χ1v) is 5.52. The zero-order chi connectivity index (χ0) is 12.1. The Bertz CT molecular complexity index is 473. The van der Waals surface area contributed by atoms with Crippen LogP contribution in [0.5, 0.6) is 0 Å². The van der Waals surface area contributed by atoms with Crippen LogP contribution in [0.2, 0.25) is 0 Å². The van der Waals surface area contributed by atoms with Crippen molar-refractivity contribution in [2.45, 2.75) is 18.9 Å². The molecule has 0 saturated carbocycles. The highest BCUT2D eigenvalue weighted by atomic mass is 16.3. The summed E-state index contributed by atoms with van der Waals surface area (Å²) in [4.78, 5) is 8.10. The normalized spacial score (nSPS) is 12.3. The largest absolute Gasteiger partial charge is 0.392 e. The third kappa shape index (κ3) is 3.53. The minimum Gasteiger partial charge on any atom is -0.392 e. The van der Waals surface area contributed by atoms with Crippen LogP contribution in [0.25, 0.3) is 0 Å². The van der Waals surface area contributed by atoms with Crippen molar-refractivity contribution in [3.63, 3.8) is 0 Å². The summed E-state index contributed by atoms with van der Waals surface area (Å²) < 4.78 is 0. The third-order valence-corrected chi connectivity index (χ3v) is 2.49. The summed E-state index contributed by atoms with van der Waals surface area (Å²) in [7, 11) is 0. The smallest absolute Gasteiger partial charge is 0.123 e. The molecule has 0 aliphatic heterocycles. The molecule has 0 bridgehead atoms. The molecular formula is C13H15N3O. The molecule has 0 aliphatic carbocycles. The highest BCUT2D eigenvalue weighted by Crippen LogP contribution is 2.09. The van der Waals surface area contributed by atoms with Gasteiger partial charge in [0.05, 0.1) is 6.10 Å². The summed E-state index contributed by atoms with van der Waals surface area (Å²) in [5.41, 5.74) is 7.46. The van der Waals surface area contributed by atoms with Crippen molar-refractivity contribution in [2.75, 3.05) is 5.73 Å². The van der Waals surface area contributed by atoms with Crippen molar-refractivity contribution in [2.24, 2.45) is 0 Å². The second kappa shape index (κ2) is 5.41. The van der Waals surface area contributed by atoms with Gasteiger partial charge in [0, 0.05) is 24.5 Å². The predicted octanol–water partition coefficient (Wildman–Crippen LogP) is 1.20. The van der Waals surface area contributed by atoms with E-state index in [-0.39, 0.29) is 0 Å². The molecule has 2 aromatic rings. The lowest BCUT2D eigenvalue weighted by atomic mass is 10.0. The fraction of sp³-hybridized carbons (Fsp3) is 0.231. The van der Waals surface area contributed by atoms with Gasteiger partial charge in [0.1, 0.15) is 5.82 Å². The molecule has 2 heterocycles.